The van der Waals surface area contributed by atoms with Gasteiger partial charge in [-0.1, -0.05) is 12.1 Å². The van der Waals surface area contributed by atoms with E-state index in [4.69, 9.17) is 15.2 Å². The first kappa shape index (κ1) is 12.9. The fourth-order valence-electron chi connectivity index (χ4n) is 2.55. The van der Waals surface area contributed by atoms with Crippen molar-refractivity contribution >= 4 is 5.97 Å². The number of hydrogen-bond acceptors (Lipinski definition) is 4. The van der Waals surface area contributed by atoms with Crippen LogP contribution in [0.2, 0.25) is 0 Å². The molecule has 0 aliphatic heterocycles. The quantitative estimate of drug-likeness (QED) is 0.824. The van der Waals surface area contributed by atoms with Crippen LogP contribution in [0.1, 0.15) is 25.3 Å². The van der Waals surface area contributed by atoms with E-state index in [1.54, 1.807) is 7.11 Å². The Morgan fingerprint density at radius 1 is 1.50 bits per heavy atom. The lowest BCUT2D eigenvalue weighted by Crippen LogP contribution is -2.54. The zero-order valence-electron chi connectivity index (χ0n) is 10.8. The van der Waals surface area contributed by atoms with Gasteiger partial charge in [0.15, 0.2) is 0 Å². The normalized spacial score (nSPS) is 26.3. The molecule has 0 aromatic heterocycles. The number of rotatable bonds is 4. The van der Waals surface area contributed by atoms with Crippen LogP contribution in [0.5, 0.6) is 5.75 Å². The minimum Gasteiger partial charge on any atom is -0.497 e. The van der Waals surface area contributed by atoms with E-state index in [1.165, 1.54) is 0 Å². The fraction of sp³-hybridized carbons (Fsp3) is 0.500. The average molecular weight is 249 g/mol. The molecular weight excluding hydrogens is 230 g/mol. The number of carbonyl (C=O) groups excluding carboxylic acids is 1. The Kier molecular flexibility index (Phi) is 3.57. The smallest absolute Gasteiger partial charge is 0.316 e. The lowest BCUT2D eigenvalue weighted by molar-refractivity contribution is -0.154. The summed E-state index contributed by atoms with van der Waals surface area (Å²) < 4.78 is 10.4. The maximum absolute atomic E-state index is 12.2. The number of benzene rings is 1. The summed E-state index contributed by atoms with van der Waals surface area (Å²) >= 11 is 0. The molecule has 0 heterocycles. The minimum absolute atomic E-state index is 0.0700. The maximum Gasteiger partial charge on any atom is 0.316 e. The maximum atomic E-state index is 12.2. The first-order valence-corrected chi connectivity index (χ1v) is 6.19. The molecule has 98 valence electrons. The highest BCUT2D eigenvalue weighted by Gasteiger charge is 2.51. The van der Waals surface area contributed by atoms with Gasteiger partial charge >= 0.3 is 5.97 Å². The van der Waals surface area contributed by atoms with Crippen molar-refractivity contribution in [2.45, 2.75) is 31.2 Å². The van der Waals surface area contributed by atoms with Gasteiger partial charge in [0.25, 0.3) is 0 Å². The van der Waals surface area contributed by atoms with Crippen molar-refractivity contribution in [2.75, 3.05) is 13.7 Å². The topological polar surface area (TPSA) is 61.5 Å². The van der Waals surface area contributed by atoms with Crippen LogP contribution in [-0.2, 0) is 14.9 Å². The highest BCUT2D eigenvalue weighted by Crippen LogP contribution is 2.44. The van der Waals surface area contributed by atoms with Crippen LogP contribution < -0.4 is 10.5 Å². The van der Waals surface area contributed by atoms with Gasteiger partial charge in [0, 0.05) is 6.04 Å². The van der Waals surface area contributed by atoms with E-state index in [2.05, 4.69) is 0 Å². The molecule has 0 amide bonds. The summed E-state index contributed by atoms with van der Waals surface area (Å²) in [6.07, 6.45) is 1.28. The Morgan fingerprint density at radius 3 is 2.78 bits per heavy atom. The Balaban J connectivity index is 2.32. The molecule has 1 fully saturated rings. The van der Waals surface area contributed by atoms with Crippen LogP contribution in [0, 0.1) is 0 Å². The van der Waals surface area contributed by atoms with E-state index in [-0.39, 0.29) is 12.0 Å². The molecule has 4 heteroatoms. The lowest BCUT2D eigenvalue weighted by atomic mass is 9.62. The molecule has 1 aromatic rings. The first-order valence-electron chi connectivity index (χ1n) is 6.19. The summed E-state index contributed by atoms with van der Waals surface area (Å²) in [6, 6.07) is 7.65. The average Bonchev–Trinajstić information content (AvgIpc) is 2.35. The lowest BCUT2D eigenvalue weighted by Gasteiger charge is -2.44. The first-order chi connectivity index (χ1) is 8.62. The summed E-state index contributed by atoms with van der Waals surface area (Å²) in [5.74, 6) is 0.566. The zero-order chi connectivity index (χ0) is 13.2. The van der Waals surface area contributed by atoms with Gasteiger partial charge in [0.2, 0.25) is 0 Å². The number of esters is 1. The number of hydrogen-bond donors (Lipinski definition) is 1. The number of nitrogens with two attached hydrogens (primary N) is 1. The molecule has 0 atom stereocenters. The summed E-state index contributed by atoms with van der Waals surface area (Å²) in [6.45, 7) is 2.20. The number of methoxy groups -OCH3 is 1. The van der Waals surface area contributed by atoms with Crippen LogP contribution >= 0.6 is 0 Å². The Morgan fingerprint density at radius 2 is 2.22 bits per heavy atom. The van der Waals surface area contributed by atoms with Crippen LogP contribution in [0.25, 0.3) is 0 Å². The second-order valence-corrected chi connectivity index (χ2v) is 4.70. The Labute approximate surface area is 107 Å². The van der Waals surface area contributed by atoms with Crippen molar-refractivity contribution in [3.8, 4) is 5.75 Å². The van der Waals surface area contributed by atoms with Crippen LogP contribution in [0.3, 0.4) is 0 Å². The molecule has 0 bridgehead atoms. The highest BCUT2D eigenvalue weighted by molar-refractivity contribution is 5.85. The van der Waals surface area contributed by atoms with Crippen molar-refractivity contribution in [1.82, 2.24) is 0 Å². The molecule has 0 saturated heterocycles. The number of carbonyl (C=O) groups is 1. The molecule has 2 N–H and O–H groups in total. The second-order valence-electron chi connectivity index (χ2n) is 4.70. The third-order valence-corrected chi connectivity index (χ3v) is 3.51. The largest absolute Gasteiger partial charge is 0.497 e. The summed E-state index contributed by atoms with van der Waals surface area (Å²) in [4.78, 5) is 12.2. The minimum atomic E-state index is -0.579. The van der Waals surface area contributed by atoms with Crippen LogP contribution in [0.15, 0.2) is 24.3 Å². The van der Waals surface area contributed by atoms with Crippen molar-refractivity contribution in [2.24, 2.45) is 5.73 Å². The van der Waals surface area contributed by atoms with E-state index in [9.17, 15) is 4.79 Å². The zero-order valence-corrected chi connectivity index (χ0v) is 10.8. The number of ether oxygens (including phenoxy) is 2. The van der Waals surface area contributed by atoms with Gasteiger partial charge in [0.05, 0.1) is 19.1 Å². The molecule has 0 radical (unpaired) electrons. The van der Waals surface area contributed by atoms with Gasteiger partial charge in [-0.2, -0.15) is 0 Å². The predicted molar refractivity (Wildman–Crippen MR) is 68.5 cm³/mol. The van der Waals surface area contributed by atoms with E-state index in [0.29, 0.717) is 19.4 Å². The third-order valence-electron chi connectivity index (χ3n) is 3.51. The highest BCUT2D eigenvalue weighted by atomic mass is 16.5. The molecule has 0 unspecified atom stereocenters. The molecular formula is C14H19NO3. The van der Waals surface area contributed by atoms with E-state index < -0.39 is 5.41 Å². The van der Waals surface area contributed by atoms with Crippen molar-refractivity contribution in [3.05, 3.63) is 29.8 Å². The Hall–Kier alpha value is -1.55. The van der Waals surface area contributed by atoms with Gasteiger partial charge in [-0.25, -0.2) is 0 Å². The van der Waals surface area contributed by atoms with Crippen LogP contribution in [0.4, 0.5) is 0 Å². The predicted octanol–water partition coefficient (Wildman–Crippen LogP) is 1.62. The SMILES string of the molecule is CCOC(=O)C1(c2cccc(OC)c2)CC(N)C1. The standard InChI is InChI=1S/C14H19NO3/c1-3-18-13(16)14(8-11(15)9-14)10-5-4-6-12(7-10)17-2/h4-7,11H,3,8-9,15H2,1-2H3. The molecule has 4 nitrogen and oxygen atoms in total. The van der Waals surface area contributed by atoms with Gasteiger partial charge in [0.1, 0.15) is 5.75 Å². The third kappa shape index (κ3) is 2.08. The summed E-state index contributed by atoms with van der Waals surface area (Å²) in [7, 11) is 1.61. The van der Waals surface area contributed by atoms with Crippen molar-refractivity contribution in [3.63, 3.8) is 0 Å². The van der Waals surface area contributed by atoms with E-state index >= 15 is 0 Å². The van der Waals surface area contributed by atoms with Gasteiger partial charge in [-0.15, -0.1) is 0 Å². The monoisotopic (exact) mass is 249 g/mol. The van der Waals surface area contributed by atoms with Gasteiger partial charge in [-0.3, -0.25) is 4.79 Å². The Bertz CT molecular complexity index is 438. The molecule has 1 aromatic carbocycles. The molecule has 1 aliphatic rings. The second kappa shape index (κ2) is 4.98. The molecule has 0 spiro atoms. The molecule has 18 heavy (non-hydrogen) atoms. The molecule has 1 saturated carbocycles. The van der Waals surface area contributed by atoms with Gasteiger partial charge < -0.3 is 15.2 Å². The summed E-state index contributed by atoms with van der Waals surface area (Å²) in [5, 5.41) is 0. The fourth-order valence-corrected chi connectivity index (χ4v) is 2.55. The van der Waals surface area contributed by atoms with E-state index in [0.717, 1.165) is 11.3 Å². The summed E-state index contributed by atoms with van der Waals surface area (Å²) in [5.41, 5.74) is 6.21. The van der Waals surface area contributed by atoms with E-state index in [1.807, 2.05) is 31.2 Å². The van der Waals surface area contributed by atoms with Crippen molar-refractivity contribution in [1.29, 1.82) is 0 Å². The molecule has 2 rings (SSSR count). The molecule has 1 aliphatic carbocycles. The van der Waals surface area contributed by atoms with Crippen LogP contribution in [-0.4, -0.2) is 25.7 Å². The van der Waals surface area contributed by atoms with Crippen molar-refractivity contribution < 1.29 is 14.3 Å². The van der Waals surface area contributed by atoms with Gasteiger partial charge in [-0.05, 0) is 37.5 Å².